The maximum atomic E-state index is 13.9. The number of hydrogen-bond donors (Lipinski definition) is 0. The summed E-state index contributed by atoms with van der Waals surface area (Å²) in [5.41, 5.74) is 0.557. The first-order chi connectivity index (χ1) is 9.92. The molecule has 0 bridgehead atoms. The molecule has 7 heteroatoms. The second kappa shape index (κ2) is 6.09. The minimum atomic E-state index is -0.838. The summed E-state index contributed by atoms with van der Waals surface area (Å²) in [7, 11) is 1.27. The minimum absolute atomic E-state index is 0.0698. The van der Waals surface area contributed by atoms with E-state index in [0.29, 0.717) is 10.2 Å². The van der Waals surface area contributed by atoms with Crippen LogP contribution in [0.4, 0.5) is 10.1 Å². The lowest BCUT2D eigenvalue weighted by Crippen LogP contribution is -1.97. The topological polar surface area (TPSA) is 61.6 Å². The number of ether oxygens (including phenoxy) is 2. The average molecular weight is 356 g/mol. The Balaban J connectivity index is 2.42. The molecule has 2 aromatic rings. The molecule has 0 atom stereocenters. The maximum absolute atomic E-state index is 13.9. The van der Waals surface area contributed by atoms with Crippen LogP contribution in [0.15, 0.2) is 34.8 Å². The van der Waals surface area contributed by atoms with Gasteiger partial charge in [0.15, 0.2) is 11.6 Å². The molecule has 0 aliphatic heterocycles. The van der Waals surface area contributed by atoms with Gasteiger partial charge in [-0.25, -0.2) is 4.39 Å². The zero-order valence-corrected chi connectivity index (χ0v) is 12.8. The lowest BCUT2D eigenvalue weighted by atomic mass is 10.2. The second-order valence-corrected chi connectivity index (χ2v) is 5.10. The quantitative estimate of drug-likeness (QED) is 0.593. The molecule has 0 spiro atoms. The fourth-order valence-electron chi connectivity index (χ4n) is 1.72. The number of aryl methyl sites for hydroxylation is 1. The van der Waals surface area contributed by atoms with Crippen LogP contribution >= 0.6 is 15.9 Å². The number of rotatable bonds is 4. The van der Waals surface area contributed by atoms with Gasteiger partial charge < -0.3 is 9.47 Å². The normalized spacial score (nSPS) is 10.3. The van der Waals surface area contributed by atoms with Crippen LogP contribution in [0.25, 0.3) is 0 Å². The number of benzene rings is 2. The van der Waals surface area contributed by atoms with Crippen molar-refractivity contribution in [2.45, 2.75) is 6.92 Å². The van der Waals surface area contributed by atoms with Gasteiger partial charge in [-0.05, 0) is 40.5 Å². The Labute approximate surface area is 128 Å². The number of nitro benzene ring substituents is 1. The van der Waals surface area contributed by atoms with E-state index in [9.17, 15) is 14.5 Å². The first-order valence-electron chi connectivity index (χ1n) is 5.88. The van der Waals surface area contributed by atoms with Crippen molar-refractivity contribution in [3.05, 3.63) is 56.3 Å². The molecule has 0 fully saturated rings. The zero-order chi connectivity index (χ0) is 15.6. The molecule has 0 amide bonds. The monoisotopic (exact) mass is 355 g/mol. The van der Waals surface area contributed by atoms with Gasteiger partial charge in [0.2, 0.25) is 5.75 Å². The molecule has 0 aliphatic carbocycles. The van der Waals surface area contributed by atoms with Gasteiger partial charge in [0.25, 0.3) is 0 Å². The summed E-state index contributed by atoms with van der Waals surface area (Å²) >= 11 is 3.32. The van der Waals surface area contributed by atoms with E-state index < -0.39 is 16.4 Å². The van der Waals surface area contributed by atoms with Gasteiger partial charge >= 0.3 is 5.69 Å². The highest BCUT2D eigenvalue weighted by molar-refractivity contribution is 9.10. The van der Waals surface area contributed by atoms with Gasteiger partial charge in [-0.15, -0.1) is 0 Å². The fraction of sp³-hybridized carbons (Fsp3) is 0.143. The van der Waals surface area contributed by atoms with Crippen molar-refractivity contribution in [3.63, 3.8) is 0 Å². The van der Waals surface area contributed by atoms with Crippen molar-refractivity contribution in [2.75, 3.05) is 7.11 Å². The molecule has 0 saturated carbocycles. The van der Waals surface area contributed by atoms with E-state index in [2.05, 4.69) is 15.9 Å². The molecule has 0 unspecified atom stereocenters. The number of methoxy groups -OCH3 is 1. The van der Waals surface area contributed by atoms with Crippen molar-refractivity contribution in [3.8, 4) is 17.2 Å². The molecule has 2 rings (SSSR count). The predicted octanol–water partition coefficient (Wildman–Crippen LogP) is 4.61. The Morgan fingerprint density at radius 1 is 1.19 bits per heavy atom. The van der Waals surface area contributed by atoms with Crippen molar-refractivity contribution >= 4 is 21.6 Å². The lowest BCUT2D eigenvalue weighted by molar-refractivity contribution is -0.386. The fourth-order valence-corrected chi connectivity index (χ4v) is 2.29. The Kier molecular flexibility index (Phi) is 4.42. The molecule has 110 valence electrons. The zero-order valence-electron chi connectivity index (χ0n) is 11.2. The van der Waals surface area contributed by atoms with Crippen LogP contribution in [-0.2, 0) is 0 Å². The highest BCUT2D eigenvalue weighted by Crippen LogP contribution is 2.37. The van der Waals surface area contributed by atoms with Gasteiger partial charge in [0.1, 0.15) is 5.75 Å². The average Bonchev–Trinajstić information content (AvgIpc) is 2.43. The molecule has 0 aromatic heterocycles. The summed E-state index contributed by atoms with van der Waals surface area (Å²) < 4.78 is 24.9. The summed E-state index contributed by atoms with van der Waals surface area (Å²) in [5.74, 6) is -0.660. The first kappa shape index (κ1) is 15.2. The Bertz CT molecular complexity index is 706. The summed E-state index contributed by atoms with van der Waals surface area (Å²) in [5, 5.41) is 10.8. The third kappa shape index (κ3) is 3.30. The summed E-state index contributed by atoms with van der Waals surface area (Å²) in [4.78, 5) is 10.1. The number of hydrogen-bond acceptors (Lipinski definition) is 4. The Morgan fingerprint density at radius 2 is 1.90 bits per heavy atom. The van der Waals surface area contributed by atoms with E-state index in [4.69, 9.17) is 9.47 Å². The van der Waals surface area contributed by atoms with E-state index in [1.165, 1.54) is 7.11 Å². The van der Waals surface area contributed by atoms with Crippen molar-refractivity contribution in [1.29, 1.82) is 0 Å². The molecule has 0 radical (unpaired) electrons. The van der Waals surface area contributed by atoms with Crippen molar-refractivity contribution in [2.24, 2.45) is 0 Å². The molecule has 0 aliphatic rings. The van der Waals surface area contributed by atoms with Crippen LogP contribution in [0.1, 0.15) is 5.56 Å². The number of nitro groups is 1. The van der Waals surface area contributed by atoms with Crippen molar-refractivity contribution in [1.82, 2.24) is 0 Å². The molecular formula is C14H11BrFNO4. The van der Waals surface area contributed by atoms with Gasteiger partial charge in [-0.3, -0.25) is 10.1 Å². The first-order valence-corrected chi connectivity index (χ1v) is 6.67. The molecule has 0 heterocycles. The Hall–Kier alpha value is -2.15. The third-order valence-electron chi connectivity index (χ3n) is 2.74. The molecule has 0 saturated heterocycles. The van der Waals surface area contributed by atoms with Crippen LogP contribution in [0.2, 0.25) is 0 Å². The molecule has 5 nitrogen and oxygen atoms in total. The largest absolute Gasteiger partial charge is 0.490 e. The van der Waals surface area contributed by atoms with Gasteiger partial charge in [-0.2, -0.15) is 0 Å². The van der Waals surface area contributed by atoms with Crippen LogP contribution in [0.3, 0.4) is 0 Å². The highest BCUT2D eigenvalue weighted by atomic mass is 79.9. The molecule has 0 N–H and O–H groups in total. The highest BCUT2D eigenvalue weighted by Gasteiger charge is 2.20. The van der Waals surface area contributed by atoms with Crippen LogP contribution in [0.5, 0.6) is 17.2 Å². The maximum Gasteiger partial charge on any atom is 0.314 e. The van der Waals surface area contributed by atoms with Crippen LogP contribution in [-0.4, -0.2) is 12.0 Å². The molecule has 2 aromatic carbocycles. The predicted molar refractivity (Wildman–Crippen MR) is 78.6 cm³/mol. The molecule has 21 heavy (non-hydrogen) atoms. The lowest BCUT2D eigenvalue weighted by Gasteiger charge is -2.10. The van der Waals surface area contributed by atoms with E-state index in [0.717, 1.165) is 17.7 Å². The smallest absolute Gasteiger partial charge is 0.314 e. The number of nitrogens with zero attached hydrogens (tertiary/aromatic N) is 1. The van der Waals surface area contributed by atoms with Gasteiger partial charge in [0.05, 0.1) is 22.6 Å². The van der Waals surface area contributed by atoms with E-state index in [-0.39, 0.29) is 11.5 Å². The standard InChI is InChI=1S/C14H11BrFNO4/c1-8-3-4-12(9(15)5-8)21-13-7-14(20-2)11(17(18)19)6-10(13)16/h3-7H,1-2H3. The summed E-state index contributed by atoms with van der Waals surface area (Å²) in [6.45, 7) is 1.91. The second-order valence-electron chi connectivity index (χ2n) is 4.25. The SMILES string of the molecule is COc1cc(Oc2ccc(C)cc2Br)c(F)cc1[N+](=O)[O-]. The molecular weight excluding hydrogens is 345 g/mol. The van der Waals surface area contributed by atoms with Crippen molar-refractivity contribution < 1.29 is 18.8 Å². The van der Waals surface area contributed by atoms with Crippen LogP contribution < -0.4 is 9.47 Å². The Morgan fingerprint density at radius 3 is 2.48 bits per heavy atom. The number of halogens is 2. The van der Waals surface area contributed by atoms with Gasteiger partial charge in [0, 0.05) is 6.07 Å². The third-order valence-corrected chi connectivity index (χ3v) is 3.36. The summed E-state index contributed by atoms with van der Waals surface area (Å²) in [6.07, 6.45) is 0. The summed E-state index contributed by atoms with van der Waals surface area (Å²) in [6, 6.07) is 7.22. The minimum Gasteiger partial charge on any atom is -0.490 e. The van der Waals surface area contributed by atoms with E-state index in [1.807, 2.05) is 13.0 Å². The van der Waals surface area contributed by atoms with E-state index >= 15 is 0 Å². The van der Waals surface area contributed by atoms with Gasteiger partial charge in [-0.1, -0.05) is 6.07 Å². The van der Waals surface area contributed by atoms with E-state index in [1.54, 1.807) is 12.1 Å². The van der Waals surface area contributed by atoms with Crippen LogP contribution in [0, 0.1) is 22.9 Å².